The molecule has 1 saturated heterocycles. The highest BCUT2D eigenvalue weighted by Crippen LogP contribution is 2.11. The van der Waals surface area contributed by atoms with Crippen LogP contribution < -0.4 is 5.32 Å². The fourth-order valence-corrected chi connectivity index (χ4v) is 2.85. The predicted octanol–water partition coefficient (Wildman–Crippen LogP) is 1.60. The van der Waals surface area contributed by atoms with Gasteiger partial charge in [-0.05, 0) is 37.9 Å². The zero-order valence-electron chi connectivity index (χ0n) is 12.3. The fraction of sp³-hybridized carbons (Fsp3) is 0.500. The minimum absolute atomic E-state index is 0.600. The lowest BCUT2D eigenvalue weighted by atomic mass is 10.0. The molecule has 3 rings (SSSR count). The van der Waals surface area contributed by atoms with Crippen LogP contribution in [0.4, 0.5) is 0 Å². The van der Waals surface area contributed by atoms with Gasteiger partial charge in [0.15, 0.2) is 0 Å². The summed E-state index contributed by atoms with van der Waals surface area (Å²) in [7, 11) is 0. The summed E-state index contributed by atoms with van der Waals surface area (Å²) in [4.78, 5) is 6.71. The van der Waals surface area contributed by atoms with E-state index in [9.17, 15) is 0 Å². The Kier molecular flexibility index (Phi) is 4.97. The van der Waals surface area contributed by atoms with Crippen molar-refractivity contribution >= 4 is 0 Å². The van der Waals surface area contributed by atoms with E-state index in [1.165, 1.54) is 38.0 Å². The van der Waals surface area contributed by atoms with Crippen molar-refractivity contribution in [2.24, 2.45) is 0 Å². The molecular formula is C16H23N5. The average molecular weight is 285 g/mol. The SMILES string of the molecule is c1ccc(CCN2CCC(NCc3ncn[nH]3)CC2)cc1. The van der Waals surface area contributed by atoms with Crippen LogP contribution in [0.1, 0.15) is 24.2 Å². The predicted molar refractivity (Wildman–Crippen MR) is 82.8 cm³/mol. The second-order valence-corrected chi connectivity index (χ2v) is 5.66. The Bertz CT molecular complexity index is 503. The third-order valence-corrected chi connectivity index (χ3v) is 4.17. The van der Waals surface area contributed by atoms with Crippen LogP contribution in [-0.2, 0) is 13.0 Å². The Morgan fingerprint density at radius 3 is 2.71 bits per heavy atom. The van der Waals surface area contributed by atoms with Crippen molar-refractivity contribution in [1.82, 2.24) is 25.4 Å². The summed E-state index contributed by atoms with van der Waals surface area (Å²) in [6.45, 7) is 4.31. The van der Waals surface area contributed by atoms with E-state index in [1.807, 2.05) is 0 Å². The molecule has 0 atom stereocenters. The van der Waals surface area contributed by atoms with Crippen molar-refractivity contribution in [3.63, 3.8) is 0 Å². The quantitative estimate of drug-likeness (QED) is 0.846. The van der Waals surface area contributed by atoms with Crippen LogP contribution in [0.25, 0.3) is 0 Å². The first-order valence-electron chi connectivity index (χ1n) is 7.74. The van der Waals surface area contributed by atoms with Gasteiger partial charge in [0, 0.05) is 12.6 Å². The number of H-pyrrole nitrogens is 1. The molecule has 0 bridgehead atoms. The normalized spacial score (nSPS) is 17.1. The van der Waals surface area contributed by atoms with Gasteiger partial charge in [-0.1, -0.05) is 30.3 Å². The van der Waals surface area contributed by atoms with Gasteiger partial charge in [0.1, 0.15) is 12.2 Å². The molecule has 1 aliphatic rings. The number of nitrogens with one attached hydrogen (secondary N) is 2. The van der Waals surface area contributed by atoms with Gasteiger partial charge in [-0.3, -0.25) is 5.10 Å². The third kappa shape index (κ3) is 4.37. The molecule has 0 saturated carbocycles. The first-order chi connectivity index (χ1) is 10.4. The molecule has 2 N–H and O–H groups in total. The van der Waals surface area contributed by atoms with Crippen molar-refractivity contribution < 1.29 is 0 Å². The Hall–Kier alpha value is -1.72. The summed E-state index contributed by atoms with van der Waals surface area (Å²) in [6, 6.07) is 11.3. The van der Waals surface area contributed by atoms with E-state index in [4.69, 9.17) is 0 Å². The van der Waals surface area contributed by atoms with Crippen LogP contribution in [0.5, 0.6) is 0 Å². The Morgan fingerprint density at radius 2 is 2.00 bits per heavy atom. The lowest BCUT2D eigenvalue weighted by Crippen LogP contribution is -2.42. The van der Waals surface area contributed by atoms with E-state index in [-0.39, 0.29) is 0 Å². The van der Waals surface area contributed by atoms with E-state index in [1.54, 1.807) is 6.33 Å². The van der Waals surface area contributed by atoms with Crippen molar-refractivity contribution in [3.05, 3.63) is 48.0 Å². The number of rotatable bonds is 6. The number of hydrogen-bond acceptors (Lipinski definition) is 4. The number of benzene rings is 1. The monoisotopic (exact) mass is 285 g/mol. The van der Waals surface area contributed by atoms with Crippen LogP contribution >= 0.6 is 0 Å². The molecule has 5 heteroatoms. The van der Waals surface area contributed by atoms with Gasteiger partial charge in [0.25, 0.3) is 0 Å². The minimum atomic E-state index is 0.600. The van der Waals surface area contributed by atoms with Gasteiger partial charge in [0.2, 0.25) is 0 Å². The van der Waals surface area contributed by atoms with Crippen LogP contribution in [0.2, 0.25) is 0 Å². The highest BCUT2D eigenvalue weighted by Gasteiger charge is 2.18. The molecular weight excluding hydrogens is 262 g/mol. The molecule has 1 aromatic heterocycles. The molecule has 0 spiro atoms. The molecule has 1 aliphatic heterocycles. The van der Waals surface area contributed by atoms with Gasteiger partial charge in [-0.2, -0.15) is 5.10 Å². The maximum atomic E-state index is 4.14. The summed E-state index contributed by atoms with van der Waals surface area (Å²) >= 11 is 0. The lowest BCUT2D eigenvalue weighted by molar-refractivity contribution is 0.198. The van der Waals surface area contributed by atoms with Gasteiger partial charge >= 0.3 is 0 Å². The highest BCUT2D eigenvalue weighted by atomic mass is 15.2. The third-order valence-electron chi connectivity index (χ3n) is 4.17. The molecule has 112 valence electrons. The molecule has 1 fully saturated rings. The number of aromatic amines is 1. The Balaban J connectivity index is 1.35. The topological polar surface area (TPSA) is 56.8 Å². The minimum Gasteiger partial charge on any atom is -0.307 e. The van der Waals surface area contributed by atoms with E-state index in [0.717, 1.165) is 18.8 Å². The number of hydrogen-bond donors (Lipinski definition) is 2. The van der Waals surface area contributed by atoms with E-state index >= 15 is 0 Å². The maximum Gasteiger partial charge on any atom is 0.138 e. The molecule has 0 amide bonds. The van der Waals surface area contributed by atoms with E-state index in [0.29, 0.717) is 6.04 Å². The molecule has 1 aromatic carbocycles. The second kappa shape index (κ2) is 7.33. The average Bonchev–Trinajstić information content (AvgIpc) is 3.06. The van der Waals surface area contributed by atoms with E-state index < -0.39 is 0 Å². The van der Waals surface area contributed by atoms with Crippen molar-refractivity contribution in [3.8, 4) is 0 Å². The van der Waals surface area contributed by atoms with Gasteiger partial charge in [0.05, 0.1) is 6.54 Å². The molecule has 0 unspecified atom stereocenters. The number of piperidine rings is 1. The zero-order chi connectivity index (χ0) is 14.3. The number of nitrogens with zero attached hydrogens (tertiary/aromatic N) is 3. The van der Waals surface area contributed by atoms with E-state index in [2.05, 4.69) is 55.7 Å². The molecule has 0 aliphatic carbocycles. The summed E-state index contributed by atoms with van der Waals surface area (Å²) in [5, 5.41) is 10.3. The number of likely N-dealkylation sites (tertiary alicyclic amines) is 1. The second-order valence-electron chi connectivity index (χ2n) is 5.66. The fourth-order valence-electron chi connectivity index (χ4n) is 2.85. The van der Waals surface area contributed by atoms with Gasteiger partial charge in [-0.25, -0.2) is 4.98 Å². The van der Waals surface area contributed by atoms with Crippen molar-refractivity contribution in [2.45, 2.75) is 31.8 Å². The molecule has 21 heavy (non-hydrogen) atoms. The van der Waals surface area contributed by atoms with Crippen LogP contribution in [0, 0.1) is 0 Å². The summed E-state index contributed by atoms with van der Waals surface area (Å²) in [5.74, 6) is 0.918. The van der Waals surface area contributed by atoms with Gasteiger partial charge < -0.3 is 10.2 Å². The maximum absolute atomic E-state index is 4.14. The van der Waals surface area contributed by atoms with Crippen LogP contribution in [-0.4, -0.2) is 45.8 Å². The zero-order valence-corrected chi connectivity index (χ0v) is 12.3. The van der Waals surface area contributed by atoms with Gasteiger partial charge in [-0.15, -0.1) is 0 Å². The molecule has 5 nitrogen and oxygen atoms in total. The Labute approximate surface area is 125 Å². The standard InChI is InChI=1S/C16H23N5/c1-2-4-14(5-3-1)6-9-21-10-7-15(8-11-21)17-12-16-18-13-19-20-16/h1-5,13,15,17H,6-12H2,(H,18,19,20). The van der Waals surface area contributed by atoms with Crippen LogP contribution in [0.3, 0.4) is 0 Å². The summed E-state index contributed by atoms with van der Waals surface area (Å²) < 4.78 is 0. The first kappa shape index (κ1) is 14.2. The summed E-state index contributed by atoms with van der Waals surface area (Å²) in [6.07, 6.45) is 5.13. The largest absolute Gasteiger partial charge is 0.307 e. The Morgan fingerprint density at radius 1 is 1.19 bits per heavy atom. The van der Waals surface area contributed by atoms with Crippen LogP contribution in [0.15, 0.2) is 36.7 Å². The highest BCUT2D eigenvalue weighted by molar-refractivity contribution is 5.14. The first-order valence-corrected chi connectivity index (χ1v) is 7.74. The summed E-state index contributed by atoms with van der Waals surface area (Å²) in [5.41, 5.74) is 1.43. The molecule has 2 aromatic rings. The lowest BCUT2D eigenvalue weighted by Gasteiger charge is -2.32. The van der Waals surface area contributed by atoms with Crippen molar-refractivity contribution in [1.29, 1.82) is 0 Å². The number of aromatic nitrogens is 3. The molecule has 0 radical (unpaired) electrons. The smallest absolute Gasteiger partial charge is 0.138 e. The molecule has 2 heterocycles. The van der Waals surface area contributed by atoms with Crippen molar-refractivity contribution in [2.75, 3.05) is 19.6 Å².